The van der Waals surface area contributed by atoms with E-state index in [0.29, 0.717) is 36.4 Å². The number of nitrogens with zero attached hydrogens (tertiary/aromatic N) is 3. The normalized spacial score (nSPS) is 24.0. The minimum Gasteiger partial charge on any atom is -0.491 e. The van der Waals surface area contributed by atoms with Gasteiger partial charge in [-0.05, 0) is 94.6 Å². The van der Waals surface area contributed by atoms with Crippen molar-refractivity contribution < 1.29 is 29.0 Å². The van der Waals surface area contributed by atoms with Crippen LogP contribution in [0.3, 0.4) is 0 Å². The second-order valence-corrected chi connectivity index (χ2v) is 19.6. The highest BCUT2D eigenvalue weighted by Crippen LogP contribution is 2.60. The van der Waals surface area contributed by atoms with Crippen molar-refractivity contribution in [2.45, 2.75) is 96.3 Å². The average Bonchev–Trinajstić information content (AvgIpc) is 3.55. The topological polar surface area (TPSA) is 122 Å². The molecule has 3 aliphatic heterocycles. The van der Waals surface area contributed by atoms with Gasteiger partial charge in [0.05, 0.1) is 38.0 Å². The van der Waals surface area contributed by atoms with Crippen LogP contribution in [-0.2, 0) is 32.9 Å². The smallest absolute Gasteiger partial charge is 0.297 e. The van der Waals surface area contributed by atoms with Crippen LogP contribution in [-0.4, -0.2) is 71.9 Å². The summed E-state index contributed by atoms with van der Waals surface area (Å²) in [6.45, 7) is 12.4. The molecule has 2 amide bonds. The molecule has 4 heterocycles. The molecule has 53 heavy (non-hydrogen) atoms. The lowest BCUT2D eigenvalue weighted by molar-refractivity contribution is -0.150. The molecule has 10 nitrogen and oxygen atoms in total. The van der Waals surface area contributed by atoms with Crippen molar-refractivity contribution in [1.29, 1.82) is 0 Å². The van der Waals surface area contributed by atoms with E-state index in [1.165, 1.54) is 17.3 Å². The number of carbonyl (C=O) groups excluding carboxylic acids is 2. The number of anilines is 1. The first-order valence-corrected chi connectivity index (χ1v) is 21.6. The summed E-state index contributed by atoms with van der Waals surface area (Å²) in [7, 11) is -1.63. The number of pyridine rings is 1. The zero-order valence-electron chi connectivity index (χ0n) is 32.0. The van der Waals surface area contributed by atoms with Crippen molar-refractivity contribution >= 4 is 25.8 Å². The summed E-state index contributed by atoms with van der Waals surface area (Å²) in [5.74, 6) is -0.751. The van der Waals surface area contributed by atoms with E-state index in [2.05, 4.69) is 32.9 Å². The van der Waals surface area contributed by atoms with Crippen LogP contribution in [0.5, 0.6) is 5.75 Å². The lowest BCUT2D eigenvalue weighted by Crippen LogP contribution is -2.48. The van der Waals surface area contributed by atoms with Crippen LogP contribution < -0.4 is 15.2 Å². The number of hydrogen-bond donors (Lipinski definition) is 2. The largest absolute Gasteiger partial charge is 0.491 e. The molecular formula is C42H53N3O7Si. The summed E-state index contributed by atoms with van der Waals surface area (Å²) >= 11 is 0. The molecule has 2 aromatic carbocycles. The maximum absolute atomic E-state index is 15.0. The van der Waals surface area contributed by atoms with Gasteiger partial charge in [0.1, 0.15) is 0 Å². The summed E-state index contributed by atoms with van der Waals surface area (Å²) in [6.07, 6.45) is 7.44. The van der Waals surface area contributed by atoms with Crippen LogP contribution in [0.15, 0.2) is 88.9 Å². The Morgan fingerprint density at radius 3 is 2.47 bits per heavy atom. The zero-order valence-corrected chi connectivity index (χ0v) is 33.0. The Bertz CT molecular complexity index is 1990. The predicted molar refractivity (Wildman–Crippen MR) is 209 cm³/mol. The van der Waals surface area contributed by atoms with Crippen LogP contribution in [0.1, 0.15) is 63.6 Å². The lowest BCUT2D eigenvalue weighted by atomic mass is 9.82. The monoisotopic (exact) mass is 739 g/mol. The standard InChI is InChI=1S/C42H53N3O7Si/c1-27(2)12-10-13-28(3)19-21-44-35-18-17-32(43-20-11-16-36(51-5)40(43)48)23-34(35)42(41(44)49)29(4)39(53(6,7)50)37(52-42)24-38(47)45-25-31-15-9-8-14-30(31)22-33(45)26-46/h8-9,11-12,14-20,23,29,33,37,39,46,50H,10,13,21-22,24-26H2,1-7H3/b28-19+/t29-,33-,37+,39-,42+/m0/s1. The third-order valence-electron chi connectivity index (χ3n) is 11.4. The molecule has 1 spiro atoms. The van der Waals surface area contributed by atoms with Gasteiger partial charge in [-0.3, -0.25) is 19.0 Å². The van der Waals surface area contributed by atoms with Gasteiger partial charge in [-0.25, -0.2) is 0 Å². The second-order valence-electron chi connectivity index (χ2n) is 15.6. The number of aliphatic hydroxyl groups is 1. The molecular weight excluding hydrogens is 687 g/mol. The highest BCUT2D eigenvalue weighted by Gasteiger charge is 2.66. The van der Waals surface area contributed by atoms with E-state index in [0.717, 1.165) is 29.5 Å². The molecule has 3 aromatic rings. The SMILES string of the molecule is COc1cccn(-c2ccc3c(c2)[C@@]2(O[C@H](CC(=O)N4Cc5ccccc5C[C@H]4CO)[C@@H]([Si](C)(C)O)[C@@H]2C)C(=O)N3C/C=C(\C)CCC=C(C)C)c1=O. The molecule has 0 bridgehead atoms. The number of aliphatic hydroxyl groups excluding tert-OH is 1. The fourth-order valence-corrected chi connectivity index (χ4v) is 11.3. The Kier molecular flexibility index (Phi) is 11.0. The maximum atomic E-state index is 15.0. The maximum Gasteiger partial charge on any atom is 0.297 e. The van der Waals surface area contributed by atoms with Crippen molar-refractivity contribution in [2.24, 2.45) is 5.92 Å². The first-order chi connectivity index (χ1) is 25.2. The van der Waals surface area contributed by atoms with Gasteiger partial charge in [-0.15, -0.1) is 0 Å². The predicted octanol–water partition coefficient (Wildman–Crippen LogP) is 6.02. The molecule has 0 radical (unpaired) electrons. The molecule has 1 aromatic heterocycles. The van der Waals surface area contributed by atoms with Crippen LogP contribution in [0, 0.1) is 5.92 Å². The number of rotatable bonds is 11. The van der Waals surface area contributed by atoms with Gasteiger partial charge in [0, 0.05) is 42.0 Å². The van der Waals surface area contributed by atoms with E-state index in [1.54, 1.807) is 28.1 Å². The molecule has 5 atom stereocenters. The van der Waals surface area contributed by atoms with E-state index in [4.69, 9.17) is 9.47 Å². The van der Waals surface area contributed by atoms with Gasteiger partial charge >= 0.3 is 0 Å². The minimum absolute atomic E-state index is 0.0482. The van der Waals surface area contributed by atoms with E-state index < -0.39 is 31.5 Å². The molecule has 1 saturated heterocycles. The number of benzene rings is 2. The molecule has 6 rings (SSSR count). The third kappa shape index (κ3) is 7.19. The van der Waals surface area contributed by atoms with E-state index in [9.17, 15) is 19.5 Å². The third-order valence-corrected chi connectivity index (χ3v) is 13.9. The summed E-state index contributed by atoms with van der Waals surface area (Å²) in [6, 6.07) is 16.4. The molecule has 282 valence electrons. The summed E-state index contributed by atoms with van der Waals surface area (Å²) in [5, 5.41) is 10.3. The Balaban J connectivity index is 1.41. The Morgan fingerprint density at radius 2 is 1.79 bits per heavy atom. The summed E-state index contributed by atoms with van der Waals surface area (Å²) in [4.78, 5) is 58.0. The number of allylic oxidation sites excluding steroid dienone is 3. The quantitative estimate of drug-likeness (QED) is 0.182. The molecule has 2 N–H and O–H groups in total. The van der Waals surface area contributed by atoms with Crippen LogP contribution in [0.25, 0.3) is 5.69 Å². The van der Waals surface area contributed by atoms with Crippen molar-refractivity contribution in [1.82, 2.24) is 9.47 Å². The van der Waals surface area contributed by atoms with Gasteiger partial charge in [0.15, 0.2) is 19.7 Å². The highest BCUT2D eigenvalue weighted by molar-refractivity contribution is 6.71. The molecule has 0 aliphatic carbocycles. The molecule has 11 heteroatoms. The van der Waals surface area contributed by atoms with Gasteiger partial charge in [0.25, 0.3) is 11.5 Å². The van der Waals surface area contributed by atoms with Crippen molar-refractivity contribution in [2.75, 3.05) is 25.2 Å². The number of aromatic nitrogens is 1. The number of fused-ring (bicyclic) bond motifs is 3. The molecule has 0 unspecified atom stereocenters. The van der Waals surface area contributed by atoms with Gasteiger partial charge in [-0.1, -0.05) is 54.5 Å². The van der Waals surface area contributed by atoms with Gasteiger partial charge in [0.2, 0.25) is 5.91 Å². The van der Waals surface area contributed by atoms with Crippen molar-refractivity contribution in [3.05, 3.63) is 111 Å². The number of hydrogen-bond acceptors (Lipinski definition) is 7. The van der Waals surface area contributed by atoms with E-state index in [1.807, 2.05) is 62.5 Å². The fraction of sp³-hybridized carbons (Fsp3) is 0.452. The Morgan fingerprint density at radius 1 is 1.06 bits per heavy atom. The minimum atomic E-state index is -3.08. The lowest BCUT2D eigenvalue weighted by Gasteiger charge is -2.37. The number of amides is 2. The summed E-state index contributed by atoms with van der Waals surface area (Å²) in [5.41, 5.74) is 4.07. The number of ether oxygens (including phenoxy) is 2. The first-order valence-electron chi connectivity index (χ1n) is 18.6. The fourth-order valence-electron chi connectivity index (χ4n) is 8.70. The first kappa shape index (κ1) is 38.4. The summed E-state index contributed by atoms with van der Waals surface area (Å²) < 4.78 is 13.8. The molecule has 0 saturated carbocycles. The molecule has 1 fully saturated rings. The Labute approximate surface area is 313 Å². The second kappa shape index (κ2) is 15.2. The van der Waals surface area contributed by atoms with E-state index >= 15 is 4.79 Å². The average molecular weight is 740 g/mol. The van der Waals surface area contributed by atoms with E-state index in [-0.39, 0.29) is 42.2 Å². The number of carbonyl (C=O) groups is 2. The van der Waals surface area contributed by atoms with Crippen LogP contribution >= 0.6 is 0 Å². The van der Waals surface area contributed by atoms with Crippen LogP contribution in [0.2, 0.25) is 18.6 Å². The van der Waals surface area contributed by atoms with Crippen LogP contribution in [0.4, 0.5) is 5.69 Å². The highest BCUT2D eigenvalue weighted by atomic mass is 28.4. The van der Waals surface area contributed by atoms with Crippen molar-refractivity contribution in [3.8, 4) is 11.4 Å². The number of methoxy groups -OCH3 is 1. The van der Waals surface area contributed by atoms with Crippen molar-refractivity contribution in [3.63, 3.8) is 0 Å². The Hall–Kier alpha value is -4.29. The molecule has 3 aliphatic rings. The van der Waals surface area contributed by atoms with Gasteiger partial charge in [-0.2, -0.15) is 0 Å². The van der Waals surface area contributed by atoms with Gasteiger partial charge < -0.3 is 29.2 Å². The zero-order chi connectivity index (χ0) is 38.2.